The molecule has 278 valence electrons. The molecule has 0 fully saturated rings. The zero-order valence-corrected chi connectivity index (χ0v) is 32.9. The molecule has 0 heterocycles. The zero-order valence-electron chi connectivity index (χ0n) is 32.9. The number of hydrogen-bond donors (Lipinski definition) is 0. The van der Waals surface area contributed by atoms with Crippen LogP contribution in [-0.2, 0) is 0 Å². The van der Waals surface area contributed by atoms with E-state index in [1.165, 1.54) is 122 Å². The fraction of sp³-hybridized carbons (Fsp3) is 0.0333. The molecule has 60 heavy (non-hydrogen) atoms. The molecule has 2 unspecified atom stereocenters. The number of fused-ring (bicyclic) bond motifs is 7. The highest BCUT2D eigenvalue weighted by atomic mass is 14.4. The normalized spacial score (nSPS) is 16.7. The first-order chi connectivity index (χ1) is 29.8. The fourth-order valence-electron chi connectivity index (χ4n) is 10.9. The first-order valence-corrected chi connectivity index (χ1v) is 21.2. The molecule has 0 radical (unpaired) electrons. The van der Waals surface area contributed by atoms with Crippen molar-refractivity contribution in [2.45, 2.75) is 0 Å². The van der Waals surface area contributed by atoms with Crippen LogP contribution in [0.3, 0.4) is 0 Å². The molecular weight excluding hydrogens is 721 g/mol. The Labute approximate surface area is 350 Å². The van der Waals surface area contributed by atoms with Crippen molar-refractivity contribution in [2.24, 2.45) is 11.8 Å². The van der Waals surface area contributed by atoms with Crippen LogP contribution >= 0.6 is 0 Å². The van der Waals surface area contributed by atoms with Crippen molar-refractivity contribution in [3.63, 3.8) is 0 Å². The first kappa shape index (κ1) is 33.4. The molecule has 4 aliphatic rings. The third-order valence-electron chi connectivity index (χ3n) is 13.5. The van der Waals surface area contributed by atoms with Gasteiger partial charge in [0.2, 0.25) is 0 Å². The van der Waals surface area contributed by atoms with E-state index in [2.05, 4.69) is 218 Å². The van der Waals surface area contributed by atoms with E-state index >= 15 is 0 Å². The summed E-state index contributed by atoms with van der Waals surface area (Å²) in [7, 11) is 0. The van der Waals surface area contributed by atoms with E-state index in [4.69, 9.17) is 0 Å². The van der Waals surface area contributed by atoms with Crippen molar-refractivity contribution < 1.29 is 0 Å². The maximum absolute atomic E-state index is 2.50. The zero-order chi connectivity index (χ0) is 39.3. The van der Waals surface area contributed by atoms with Crippen LogP contribution in [0.25, 0.3) is 99.5 Å². The van der Waals surface area contributed by atoms with Gasteiger partial charge in [0.15, 0.2) is 0 Å². The second-order valence-electron chi connectivity index (χ2n) is 16.7. The largest absolute Gasteiger partial charge is 0.0688 e. The molecule has 0 aromatic heterocycles. The summed E-state index contributed by atoms with van der Waals surface area (Å²) in [6.07, 6.45) is 9.94. The van der Waals surface area contributed by atoms with Crippen molar-refractivity contribution in [3.05, 3.63) is 241 Å². The van der Waals surface area contributed by atoms with Gasteiger partial charge in [-0.2, -0.15) is 0 Å². The van der Waals surface area contributed by atoms with E-state index in [0.29, 0.717) is 5.92 Å². The summed E-state index contributed by atoms with van der Waals surface area (Å²) in [6.45, 7) is 0. The van der Waals surface area contributed by atoms with Gasteiger partial charge in [-0.25, -0.2) is 0 Å². The number of rotatable bonds is 5. The molecule has 2 atom stereocenters. The third-order valence-corrected chi connectivity index (χ3v) is 13.5. The minimum absolute atomic E-state index is 0.271. The van der Waals surface area contributed by atoms with E-state index in [1.54, 1.807) is 0 Å². The lowest BCUT2D eigenvalue weighted by molar-refractivity contribution is 0.712. The maximum Gasteiger partial charge on any atom is 0.0200 e. The predicted molar refractivity (Wildman–Crippen MR) is 254 cm³/mol. The average Bonchev–Trinajstić information content (AvgIpc) is 3.82. The molecule has 4 aliphatic carbocycles. The summed E-state index contributed by atoms with van der Waals surface area (Å²) >= 11 is 0. The fourth-order valence-corrected chi connectivity index (χ4v) is 10.9. The van der Waals surface area contributed by atoms with Crippen molar-refractivity contribution >= 4 is 43.8 Å². The van der Waals surface area contributed by atoms with Crippen molar-refractivity contribution in [1.82, 2.24) is 0 Å². The highest BCUT2D eigenvalue weighted by molar-refractivity contribution is 6.27. The highest BCUT2D eigenvalue weighted by Gasteiger charge is 2.40. The minimum Gasteiger partial charge on any atom is -0.0688 e. The van der Waals surface area contributed by atoms with Crippen molar-refractivity contribution in [2.75, 3.05) is 0 Å². The standard InChI is InChI=1S/C60H38/c1-5-15-37(16-6-1)44-31-46-32-45(38-17-7-2-8-18-38)36-54-51-33-42(27-29-47(51)52(35-44)56(46)54)43-28-30-48-53(34-43)58(41-21-11-4-12-22-41)60-50-26-14-24-39-23-13-25-49(55(39)50)59(60)57(48)40-19-9-3-10-20-40/h1-36,46,56H. The summed E-state index contributed by atoms with van der Waals surface area (Å²) < 4.78 is 0. The summed E-state index contributed by atoms with van der Waals surface area (Å²) in [5, 5.41) is 5.19. The summed E-state index contributed by atoms with van der Waals surface area (Å²) in [5.41, 5.74) is 23.6. The monoisotopic (exact) mass is 758 g/mol. The molecule has 0 amide bonds. The van der Waals surface area contributed by atoms with Crippen LogP contribution in [0.4, 0.5) is 0 Å². The number of benzene rings is 9. The molecule has 0 saturated heterocycles. The molecule has 0 aliphatic heterocycles. The van der Waals surface area contributed by atoms with Gasteiger partial charge in [-0.3, -0.25) is 0 Å². The lowest BCUT2D eigenvalue weighted by atomic mass is 9.73. The molecule has 13 rings (SSSR count). The third kappa shape index (κ3) is 4.92. The number of allylic oxidation sites excluding steroid dienone is 8. The van der Waals surface area contributed by atoms with Crippen LogP contribution in [0.2, 0.25) is 0 Å². The molecule has 0 spiro atoms. The summed E-state index contributed by atoms with van der Waals surface area (Å²) in [5.74, 6) is 0.573. The molecule has 0 N–H and O–H groups in total. The van der Waals surface area contributed by atoms with Crippen molar-refractivity contribution in [3.8, 4) is 55.6 Å². The average molecular weight is 759 g/mol. The van der Waals surface area contributed by atoms with Crippen LogP contribution in [0.5, 0.6) is 0 Å². The van der Waals surface area contributed by atoms with Gasteiger partial charge >= 0.3 is 0 Å². The summed E-state index contributed by atoms with van der Waals surface area (Å²) in [4.78, 5) is 0. The summed E-state index contributed by atoms with van der Waals surface area (Å²) in [6, 6.07) is 72.1. The van der Waals surface area contributed by atoms with Gasteiger partial charge in [0.25, 0.3) is 0 Å². The Morgan fingerprint density at radius 1 is 0.300 bits per heavy atom. The van der Waals surface area contributed by atoms with Crippen molar-refractivity contribution in [1.29, 1.82) is 0 Å². The van der Waals surface area contributed by atoms with Gasteiger partial charge in [-0.05, 0) is 134 Å². The van der Waals surface area contributed by atoms with Gasteiger partial charge in [-0.15, -0.1) is 0 Å². The molecule has 0 heteroatoms. The second-order valence-corrected chi connectivity index (χ2v) is 16.7. The topological polar surface area (TPSA) is 0 Å². The predicted octanol–water partition coefficient (Wildman–Crippen LogP) is 15.8. The Morgan fingerprint density at radius 3 is 1.35 bits per heavy atom. The lowest BCUT2D eigenvalue weighted by Gasteiger charge is -2.30. The van der Waals surface area contributed by atoms with Gasteiger partial charge < -0.3 is 0 Å². The molecule has 9 aromatic rings. The molecular formula is C60H38. The molecule has 0 bridgehead atoms. The smallest absolute Gasteiger partial charge is 0.0200 e. The Bertz CT molecular complexity index is 3370. The van der Waals surface area contributed by atoms with Crippen LogP contribution in [0.15, 0.2) is 218 Å². The van der Waals surface area contributed by atoms with Gasteiger partial charge in [0.05, 0.1) is 0 Å². The molecule has 9 aromatic carbocycles. The maximum atomic E-state index is 2.50. The number of hydrogen-bond acceptors (Lipinski definition) is 0. The van der Waals surface area contributed by atoms with Gasteiger partial charge in [0.1, 0.15) is 0 Å². The SMILES string of the molecule is C1=C(c2ccccc2)C=C2c3ccc(-c4ccc5c(-c6ccccc6)c6c(c(-c7ccccc7)c5c4)-c4cccc5cccc-6c45)cc3C3=CC(c4ccccc4)=CC1C23. The first-order valence-electron chi connectivity index (χ1n) is 21.2. The molecule has 0 saturated carbocycles. The Balaban J connectivity index is 1.05. The van der Waals surface area contributed by atoms with Crippen LogP contribution in [-0.4, -0.2) is 0 Å². The van der Waals surface area contributed by atoms with E-state index in [0.717, 1.165) is 0 Å². The Morgan fingerprint density at radius 2 is 0.783 bits per heavy atom. The van der Waals surface area contributed by atoms with E-state index in [9.17, 15) is 0 Å². The van der Waals surface area contributed by atoms with E-state index in [-0.39, 0.29) is 5.92 Å². The minimum atomic E-state index is 0.271. The molecule has 0 nitrogen and oxygen atoms in total. The van der Waals surface area contributed by atoms with Crippen LogP contribution in [0.1, 0.15) is 22.3 Å². The van der Waals surface area contributed by atoms with Crippen LogP contribution < -0.4 is 0 Å². The lowest BCUT2D eigenvalue weighted by Crippen LogP contribution is -2.17. The quantitative estimate of drug-likeness (QED) is 0.164. The van der Waals surface area contributed by atoms with Gasteiger partial charge in [0, 0.05) is 11.8 Å². The van der Waals surface area contributed by atoms with Crippen LogP contribution in [0, 0.1) is 11.8 Å². The second kappa shape index (κ2) is 13.0. The van der Waals surface area contributed by atoms with E-state index in [1.807, 2.05) is 0 Å². The Hall–Kier alpha value is -7.54. The highest BCUT2D eigenvalue weighted by Crippen LogP contribution is 2.59. The van der Waals surface area contributed by atoms with E-state index < -0.39 is 0 Å². The van der Waals surface area contributed by atoms with Gasteiger partial charge in [-0.1, -0.05) is 206 Å². The Kier molecular flexibility index (Phi) is 7.23.